The number of hydrogen-bond donors (Lipinski definition) is 0. The first kappa shape index (κ1) is 37.7. The van der Waals surface area contributed by atoms with E-state index in [1.165, 1.54) is 66.7 Å². The van der Waals surface area contributed by atoms with Crippen molar-refractivity contribution in [1.82, 2.24) is 0 Å². The van der Waals surface area contributed by atoms with E-state index in [1.807, 2.05) is 24.3 Å². The normalized spacial score (nSPS) is 30.2. The molecule has 0 aromatic heterocycles. The first-order valence-corrected chi connectivity index (χ1v) is 20.7. The van der Waals surface area contributed by atoms with Gasteiger partial charge in [0.25, 0.3) is 0 Å². The lowest BCUT2D eigenvalue weighted by Crippen LogP contribution is -2.54. The van der Waals surface area contributed by atoms with Crippen LogP contribution >= 0.6 is 15.9 Å². The fourth-order valence-corrected chi connectivity index (χ4v) is 11.0. The van der Waals surface area contributed by atoms with Crippen molar-refractivity contribution in [3.8, 4) is 0 Å². The Morgan fingerprint density at radius 3 is 1.48 bits per heavy atom. The summed E-state index contributed by atoms with van der Waals surface area (Å²) in [6.45, 7) is 17.8. The highest BCUT2D eigenvalue weighted by Crippen LogP contribution is 2.62. The number of nitrogens with zero attached hydrogens (tertiary/aromatic N) is 2. The van der Waals surface area contributed by atoms with Gasteiger partial charge in [0.1, 0.15) is 11.6 Å². The van der Waals surface area contributed by atoms with Gasteiger partial charge in [-0.1, -0.05) is 79.7 Å². The average Bonchev–Trinajstić information content (AvgIpc) is 3.56. The maximum Gasteiger partial charge on any atom is 0.494 e. The van der Waals surface area contributed by atoms with E-state index in [2.05, 4.69) is 118 Å². The van der Waals surface area contributed by atoms with E-state index in [-0.39, 0.29) is 51.9 Å². The van der Waals surface area contributed by atoms with Crippen molar-refractivity contribution in [3.63, 3.8) is 0 Å². The van der Waals surface area contributed by atoms with Crippen molar-refractivity contribution in [2.45, 2.75) is 140 Å². The molecule has 8 heteroatoms. The molecule has 5 aliphatic rings. The molecular weight excluding hydrogens is 741 g/mol. The van der Waals surface area contributed by atoms with Crippen molar-refractivity contribution in [1.29, 1.82) is 0 Å². The third kappa shape index (κ3) is 5.55. The zero-order valence-electron chi connectivity index (χ0n) is 33.2. The van der Waals surface area contributed by atoms with Gasteiger partial charge in [-0.05, 0) is 144 Å². The predicted octanol–water partition coefficient (Wildman–Crippen LogP) is 12.2. The summed E-state index contributed by atoms with van der Waals surface area (Å²) in [6.07, 6.45) is 9.40. The Balaban J connectivity index is 0.000000160. The number of rotatable bonds is 3. The summed E-state index contributed by atoms with van der Waals surface area (Å²) in [4.78, 5) is 4.77. The van der Waals surface area contributed by atoms with Gasteiger partial charge in [0, 0.05) is 38.1 Å². The molecule has 4 nitrogen and oxygen atoms in total. The molecule has 0 radical (unpaired) electrons. The summed E-state index contributed by atoms with van der Waals surface area (Å²) in [5.41, 5.74) is 7.29. The van der Waals surface area contributed by atoms with Gasteiger partial charge in [0.2, 0.25) is 0 Å². The Morgan fingerprint density at radius 1 is 0.556 bits per heavy atom. The lowest BCUT2D eigenvalue weighted by atomic mass is 9.61. The molecular formula is C46H54BBrF2N2O2. The Bertz CT molecular complexity index is 2090. The van der Waals surface area contributed by atoms with Gasteiger partial charge in [0.05, 0.1) is 22.3 Å². The summed E-state index contributed by atoms with van der Waals surface area (Å²) in [7, 11) is -0.378. The van der Waals surface area contributed by atoms with Gasteiger partial charge < -0.3 is 19.1 Å². The molecule has 9 rings (SSSR count). The smallest absolute Gasteiger partial charge is 0.399 e. The molecule has 4 aromatic carbocycles. The predicted molar refractivity (Wildman–Crippen MR) is 222 cm³/mol. The Morgan fingerprint density at radius 2 is 1.00 bits per heavy atom. The van der Waals surface area contributed by atoms with E-state index in [0.717, 1.165) is 40.6 Å². The first-order valence-electron chi connectivity index (χ1n) is 19.9. The monoisotopic (exact) mass is 794 g/mol. The number of hydrogen-bond acceptors (Lipinski definition) is 4. The summed E-state index contributed by atoms with van der Waals surface area (Å²) >= 11 is 3.63. The largest absolute Gasteiger partial charge is 0.494 e. The van der Waals surface area contributed by atoms with Crippen LogP contribution in [0, 0.1) is 11.6 Å². The second kappa shape index (κ2) is 12.9. The van der Waals surface area contributed by atoms with E-state index in [0.29, 0.717) is 0 Å². The second-order valence-electron chi connectivity index (χ2n) is 18.3. The van der Waals surface area contributed by atoms with E-state index in [4.69, 9.17) is 9.31 Å². The van der Waals surface area contributed by atoms with Crippen LogP contribution in [0.25, 0.3) is 0 Å². The first-order chi connectivity index (χ1) is 25.4. The molecule has 0 amide bonds. The highest BCUT2D eigenvalue weighted by atomic mass is 79.9. The zero-order valence-corrected chi connectivity index (χ0v) is 34.7. The molecule has 2 aliphatic carbocycles. The van der Waals surface area contributed by atoms with E-state index in [9.17, 15) is 8.78 Å². The highest BCUT2D eigenvalue weighted by Gasteiger charge is 2.59. The maximum absolute atomic E-state index is 14.2. The lowest BCUT2D eigenvalue weighted by molar-refractivity contribution is 0.00578. The maximum atomic E-state index is 14.2. The standard InChI is InChI=1S/C26H33BFNO2.C20H21BrFN/c1-23(2)24(3,4)31-27(30-23)18-12-13-22-21(16-18)25(5)14-7-8-15-26(25,6)29(22)20-11-9-10-19(28)17-20;1-19-10-3-4-11-20(19,2)23(16-7-5-6-15(22)13-16)18-9-8-14(21)12-17(18)19/h9-13,16-17H,7-8,14-15H2,1-6H3;5-9,12-13H,3-4,10-11H2,1-2H3. The van der Waals surface area contributed by atoms with Crippen LogP contribution < -0.4 is 15.3 Å². The average molecular weight is 796 g/mol. The molecule has 0 N–H and O–H groups in total. The molecule has 284 valence electrons. The molecule has 0 spiro atoms. The summed E-state index contributed by atoms with van der Waals surface area (Å²) in [5, 5.41) is 0. The van der Waals surface area contributed by atoms with Crippen LogP contribution in [0.4, 0.5) is 31.5 Å². The Labute approximate surface area is 329 Å². The molecule has 0 bridgehead atoms. The van der Waals surface area contributed by atoms with E-state index >= 15 is 0 Å². The van der Waals surface area contributed by atoms with Crippen molar-refractivity contribution in [2.24, 2.45) is 0 Å². The molecule has 3 aliphatic heterocycles. The topological polar surface area (TPSA) is 24.9 Å². The zero-order chi connectivity index (χ0) is 38.5. The van der Waals surface area contributed by atoms with Crippen molar-refractivity contribution >= 4 is 51.3 Å². The van der Waals surface area contributed by atoms with E-state index in [1.54, 1.807) is 12.1 Å². The molecule has 4 atom stereocenters. The fraction of sp³-hybridized carbons (Fsp3) is 0.478. The van der Waals surface area contributed by atoms with Crippen LogP contribution in [-0.4, -0.2) is 29.4 Å². The second-order valence-corrected chi connectivity index (χ2v) is 19.2. The lowest BCUT2D eigenvalue weighted by Gasteiger charge is -2.50. The molecule has 1 saturated heterocycles. The van der Waals surface area contributed by atoms with Crippen LogP contribution in [0.3, 0.4) is 0 Å². The third-order valence-electron chi connectivity index (χ3n) is 14.9. The van der Waals surface area contributed by atoms with Crippen LogP contribution in [0.15, 0.2) is 89.4 Å². The third-order valence-corrected chi connectivity index (χ3v) is 15.3. The number of fused-ring (bicyclic) bond motifs is 6. The minimum absolute atomic E-state index is 0.0117. The number of benzene rings is 4. The quantitative estimate of drug-likeness (QED) is 0.193. The van der Waals surface area contributed by atoms with Crippen LogP contribution in [0.5, 0.6) is 0 Å². The van der Waals surface area contributed by atoms with E-state index < -0.39 is 0 Å². The van der Waals surface area contributed by atoms with Crippen LogP contribution in [0.2, 0.25) is 0 Å². The fourth-order valence-electron chi connectivity index (χ4n) is 10.6. The van der Waals surface area contributed by atoms with Gasteiger partial charge in [-0.3, -0.25) is 0 Å². The molecule has 3 fully saturated rings. The van der Waals surface area contributed by atoms with Gasteiger partial charge >= 0.3 is 7.12 Å². The van der Waals surface area contributed by atoms with Gasteiger partial charge in [-0.25, -0.2) is 8.78 Å². The molecule has 4 unspecified atom stereocenters. The number of halogens is 3. The highest BCUT2D eigenvalue weighted by molar-refractivity contribution is 9.10. The summed E-state index contributed by atoms with van der Waals surface area (Å²) < 4.78 is 41.9. The summed E-state index contributed by atoms with van der Waals surface area (Å²) in [6, 6.07) is 27.2. The van der Waals surface area contributed by atoms with Crippen LogP contribution in [-0.2, 0) is 20.1 Å². The SMILES string of the molecule is CC1(C)OB(c2ccc3c(c2)C2(C)CCCCC2(C)N3c2cccc(F)c2)OC1(C)C.CC12CCCCC1(C)N(c1cccc(F)c1)c1ccc(Br)cc12. The van der Waals surface area contributed by atoms with Crippen molar-refractivity contribution in [3.05, 3.63) is 112 Å². The van der Waals surface area contributed by atoms with Gasteiger partial charge in [-0.15, -0.1) is 0 Å². The van der Waals surface area contributed by atoms with Crippen molar-refractivity contribution < 1.29 is 18.1 Å². The van der Waals surface area contributed by atoms with Crippen molar-refractivity contribution in [2.75, 3.05) is 9.80 Å². The minimum atomic E-state index is -0.378. The molecule has 4 aromatic rings. The summed E-state index contributed by atoms with van der Waals surface area (Å²) in [5.74, 6) is -0.366. The minimum Gasteiger partial charge on any atom is -0.399 e. The molecule has 3 heterocycles. The molecule has 54 heavy (non-hydrogen) atoms. The van der Waals surface area contributed by atoms with Crippen LogP contribution in [0.1, 0.15) is 118 Å². The van der Waals surface area contributed by atoms with Gasteiger partial charge in [0.15, 0.2) is 0 Å². The Hall–Kier alpha value is -3.20. The Kier molecular flexibility index (Phi) is 9.03. The number of anilines is 4. The van der Waals surface area contributed by atoms with Gasteiger partial charge in [-0.2, -0.15) is 0 Å². The molecule has 2 saturated carbocycles.